The predicted octanol–water partition coefficient (Wildman–Crippen LogP) is 4.25. The van der Waals surface area contributed by atoms with Crippen molar-refractivity contribution < 1.29 is 0 Å². The summed E-state index contributed by atoms with van der Waals surface area (Å²) in [5.74, 6) is 0.904. The number of benzene rings is 1. The van der Waals surface area contributed by atoms with Crippen molar-refractivity contribution in [2.24, 2.45) is 0 Å². The van der Waals surface area contributed by atoms with Crippen molar-refractivity contribution in [1.29, 1.82) is 0 Å². The zero-order chi connectivity index (χ0) is 15.3. The molecular weight excluding hydrogens is 272 g/mol. The van der Waals surface area contributed by atoms with Crippen LogP contribution >= 0.6 is 0 Å². The Kier molecular flexibility index (Phi) is 2.64. The summed E-state index contributed by atoms with van der Waals surface area (Å²) < 4.78 is 2.04. The van der Waals surface area contributed by atoms with Crippen LogP contribution in [0.2, 0.25) is 0 Å². The smallest absolute Gasteiger partial charge is 0.167 e. The van der Waals surface area contributed by atoms with E-state index in [1.165, 1.54) is 0 Å². The predicted molar refractivity (Wildman–Crippen MR) is 91.4 cm³/mol. The molecule has 0 aliphatic rings. The van der Waals surface area contributed by atoms with E-state index in [4.69, 9.17) is 9.97 Å². The van der Waals surface area contributed by atoms with Crippen LogP contribution in [0.5, 0.6) is 0 Å². The molecule has 0 unspecified atom stereocenters. The van der Waals surface area contributed by atoms with Gasteiger partial charge in [0.1, 0.15) is 17.0 Å². The Morgan fingerprint density at radius 3 is 2.41 bits per heavy atom. The summed E-state index contributed by atoms with van der Waals surface area (Å²) in [6.45, 7) is 6.42. The van der Waals surface area contributed by atoms with Crippen molar-refractivity contribution in [3.63, 3.8) is 0 Å². The van der Waals surface area contributed by atoms with Crippen molar-refractivity contribution >= 4 is 33.4 Å². The highest BCUT2D eigenvalue weighted by atomic mass is 15.1. The maximum atomic E-state index is 4.87. The van der Waals surface area contributed by atoms with E-state index in [0.717, 1.165) is 33.4 Å². The van der Waals surface area contributed by atoms with Gasteiger partial charge in [-0.15, -0.1) is 0 Å². The zero-order valence-corrected chi connectivity index (χ0v) is 13.0. The Morgan fingerprint density at radius 1 is 0.909 bits per heavy atom. The molecule has 0 atom stereocenters. The minimum atomic E-state index is -0.0516. The zero-order valence-electron chi connectivity index (χ0n) is 13.0. The van der Waals surface area contributed by atoms with Crippen molar-refractivity contribution in [1.82, 2.24) is 14.4 Å². The molecule has 4 nitrogen and oxygen atoms in total. The molecule has 4 heteroatoms. The van der Waals surface area contributed by atoms with Gasteiger partial charge in [-0.3, -0.25) is 4.40 Å². The van der Waals surface area contributed by atoms with Gasteiger partial charge in [0.05, 0.1) is 0 Å². The molecule has 0 saturated carbocycles. The van der Waals surface area contributed by atoms with Crippen LogP contribution in [0.15, 0.2) is 48.7 Å². The van der Waals surface area contributed by atoms with Gasteiger partial charge in [-0.2, -0.15) is 0 Å². The molecule has 1 aromatic carbocycles. The Bertz CT molecular complexity index is 992. The van der Waals surface area contributed by atoms with Gasteiger partial charge in [0, 0.05) is 22.5 Å². The van der Waals surface area contributed by atoms with Crippen LogP contribution in [-0.4, -0.2) is 19.9 Å². The molecule has 0 spiro atoms. The van der Waals surface area contributed by atoms with Crippen molar-refractivity contribution in [3.05, 3.63) is 48.7 Å². The van der Waals surface area contributed by atoms with Crippen LogP contribution in [0.4, 0.5) is 5.82 Å². The van der Waals surface area contributed by atoms with Gasteiger partial charge < -0.3 is 5.32 Å². The van der Waals surface area contributed by atoms with Crippen molar-refractivity contribution in [2.45, 2.75) is 26.3 Å². The standard InChI is InChI=1S/C18H18N4/c1-18(2,3)21-16-13-9-5-4-8-12(13)15-17(20-16)22-11-7-6-10-14(22)19-15/h4-11H,1-3H3,(H,20,21). The summed E-state index contributed by atoms with van der Waals surface area (Å²) in [5, 5.41) is 5.75. The van der Waals surface area contributed by atoms with Crippen LogP contribution in [0.25, 0.3) is 27.6 Å². The van der Waals surface area contributed by atoms with E-state index in [1.54, 1.807) is 0 Å². The Labute approximate surface area is 128 Å². The fourth-order valence-electron chi connectivity index (χ4n) is 2.78. The van der Waals surface area contributed by atoms with E-state index in [9.17, 15) is 0 Å². The lowest BCUT2D eigenvalue weighted by Crippen LogP contribution is -2.26. The third-order valence-corrected chi connectivity index (χ3v) is 3.65. The fraction of sp³-hybridized carbons (Fsp3) is 0.222. The molecule has 22 heavy (non-hydrogen) atoms. The van der Waals surface area contributed by atoms with Gasteiger partial charge >= 0.3 is 0 Å². The van der Waals surface area contributed by atoms with Crippen LogP contribution in [0, 0.1) is 0 Å². The third-order valence-electron chi connectivity index (χ3n) is 3.65. The maximum Gasteiger partial charge on any atom is 0.167 e. The van der Waals surface area contributed by atoms with Gasteiger partial charge in [-0.05, 0) is 32.9 Å². The number of nitrogens with one attached hydrogen (secondary N) is 1. The summed E-state index contributed by atoms with van der Waals surface area (Å²) in [6, 6.07) is 14.3. The number of pyridine rings is 2. The molecule has 110 valence electrons. The van der Waals surface area contributed by atoms with Gasteiger partial charge in [0.25, 0.3) is 0 Å². The lowest BCUT2D eigenvalue weighted by atomic mass is 10.1. The van der Waals surface area contributed by atoms with Crippen LogP contribution < -0.4 is 5.32 Å². The first-order chi connectivity index (χ1) is 10.5. The summed E-state index contributed by atoms with van der Waals surface area (Å²) in [7, 11) is 0. The molecule has 0 aliphatic heterocycles. The highest BCUT2D eigenvalue weighted by Crippen LogP contribution is 2.30. The number of rotatable bonds is 1. The largest absolute Gasteiger partial charge is 0.365 e. The van der Waals surface area contributed by atoms with Crippen LogP contribution in [0.1, 0.15) is 20.8 Å². The van der Waals surface area contributed by atoms with E-state index >= 15 is 0 Å². The van der Waals surface area contributed by atoms with Gasteiger partial charge in [-0.1, -0.05) is 30.3 Å². The van der Waals surface area contributed by atoms with Gasteiger partial charge in [0.15, 0.2) is 5.65 Å². The number of anilines is 1. The lowest BCUT2D eigenvalue weighted by molar-refractivity contribution is 0.632. The van der Waals surface area contributed by atoms with Crippen LogP contribution in [0.3, 0.4) is 0 Å². The molecule has 4 rings (SSSR count). The fourth-order valence-corrected chi connectivity index (χ4v) is 2.78. The SMILES string of the molecule is CC(C)(C)Nc1nc2c(nc3ccccn32)c2ccccc12. The minimum absolute atomic E-state index is 0.0516. The summed E-state index contributed by atoms with van der Waals surface area (Å²) in [4.78, 5) is 9.62. The first-order valence-electron chi connectivity index (χ1n) is 7.47. The number of hydrogen-bond acceptors (Lipinski definition) is 3. The monoisotopic (exact) mass is 290 g/mol. The number of hydrogen-bond donors (Lipinski definition) is 1. The molecular formula is C18H18N4. The second-order valence-electron chi connectivity index (χ2n) is 6.59. The quantitative estimate of drug-likeness (QED) is 0.570. The first-order valence-corrected chi connectivity index (χ1v) is 7.47. The normalized spacial score (nSPS) is 12.3. The molecule has 0 fully saturated rings. The van der Waals surface area contributed by atoms with E-state index in [0.29, 0.717) is 0 Å². The highest BCUT2D eigenvalue weighted by Gasteiger charge is 2.17. The highest BCUT2D eigenvalue weighted by molar-refractivity contribution is 6.08. The van der Waals surface area contributed by atoms with Crippen molar-refractivity contribution in [3.8, 4) is 0 Å². The van der Waals surface area contributed by atoms with E-state index < -0.39 is 0 Å². The molecule has 0 aliphatic carbocycles. The molecule has 0 saturated heterocycles. The van der Waals surface area contributed by atoms with Gasteiger partial charge in [-0.25, -0.2) is 9.97 Å². The Hall–Kier alpha value is -2.62. The van der Waals surface area contributed by atoms with Crippen molar-refractivity contribution in [2.75, 3.05) is 5.32 Å². The average molecular weight is 290 g/mol. The number of fused-ring (bicyclic) bond motifs is 5. The molecule has 0 amide bonds. The molecule has 0 radical (unpaired) electrons. The number of imidazole rings is 1. The molecule has 0 bridgehead atoms. The summed E-state index contributed by atoms with van der Waals surface area (Å²) in [6.07, 6.45) is 2.01. The Morgan fingerprint density at radius 2 is 1.64 bits per heavy atom. The van der Waals surface area contributed by atoms with E-state index in [2.05, 4.69) is 38.2 Å². The van der Waals surface area contributed by atoms with E-state index in [-0.39, 0.29) is 5.54 Å². The average Bonchev–Trinajstić information content (AvgIpc) is 2.85. The minimum Gasteiger partial charge on any atom is -0.365 e. The second kappa shape index (κ2) is 4.44. The summed E-state index contributed by atoms with van der Waals surface area (Å²) in [5.41, 5.74) is 2.70. The topological polar surface area (TPSA) is 42.2 Å². The maximum absolute atomic E-state index is 4.87. The van der Waals surface area contributed by atoms with Crippen LogP contribution in [-0.2, 0) is 0 Å². The molecule has 3 aromatic heterocycles. The van der Waals surface area contributed by atoms with Gasteiger partial charge in [0.2, 0.25) is 0 Å². The Balaban J connectivity index is 2.15. The number of aromatic nitrogens is 3. The third kappa shape index (κ3) is 1.99. The molecule has 4 aromatic rings. The summed E-state index contributed by atoms with van der Waals surface area (Å²) >= 11 is 0. The van der Waals surface area contributed by atoms with E-state index in [1.807, 2.05) is 40.9 Å². The first kappa shape index (κ1) is 13.1. The molecule has 1 N–H and O–H groups in total. The second-order valence-corrected chi connectivity index (χ2v) is 6.59. The molecule has 3 heterocycles. The number of nitrogens with zero attached hydrogens (tertiary/aromatic N) is 3. The lowest BCUT2D eigenvalue weighted by Gasteiger charge is -2.22.